The number of halogens is 1. The van der Waals surface area contributed by atoms with Crippen LogP contribution in [-0.2, 0) is 0 Å². The minimum absolute atomic E-state index is 0.382. The van der Waals surface area contributed by atoms with E-state index in [1.165, 1.54) is 0 Å². The Hall–Kier alpha value is -0.695. The molecule has 0 aliphatic carbocycles. The molecule has 2 N–H and O–H groups in total. The third-order valence-electron chi connectivity index (χ3n) is 1.22. The quantitative estimate of drug-likeness (QED) is 0.603. The first-order chi connectivity index (χ1) is 4.74. The highest BCUT2D eigenvalue weighted by Crippen LogP contribution is 2.11. The van der Waals surface area contributed by atoms with Crippen molar-refractivity contribution in [2.75, 3.05) is 5.73 Å². The predicted molar refractivity (Wildman–Crippen MR) is 44.9 cm³/mol. The molecule has 0 atom stereocenters. The summed E-state index contributed by atoms with van der Waals surface area (Å²) in [7, 11) is 1.92. The van der Waals surface area contributed by atoms with E-state index in [1.807, 2.05) is 14.1 Å². The predicted octanol–water partition coefficient (Wildman–Crippen LogP) is 0.695. The van der Waals surface area contributed by atoms with Crippen molar-refractivity contribution in [2.45, 2.75) is 6.82 Å². The molecule has 0 saturated carbocycles. The second-order valence-electron chi connectivity index (χ2n) is 1.92. The maximum atomic E-state index is 5.69. The molecular formula is C6H7BClN2. The van der Waals surface area contributed by atoms with Gasteiger partial charge < -0.3 is 5.73 Å². The number of nitrogen functional groups attached to an aromatic ring is 1. The van der Waals surface area contributed by atoms with Gasteiger partial charge in [0.05, 0.1) is 5.02 Å². The molecule has 51 valence electrons. The lowest BCUT2D eigenvalue weighted by atomic mass is 9.74. The molecular weight excluding hydrogens is 146 g/mol. The lowest BCUT2D eigenvalue weighted by Crippen LogP contribution is -2.11. The van der Waals surface area contributed by atoms with Crippen molar-refractivity contribution in [3.63, 3.8) is 0 Å². The van der Waals surface area contributed by atoms with Gasteiger partial charge in [-0.3, -0.25) is 0 Å². The second kappa shape index (κ2) is 2.93. The van der Waals surface area contributed by atoms with E-state index in [9.17, 15) is 0 Å². The minimum atomic E-state index is 0.382. The molecule has 0 saturated heterocycles. The first-order valence-corrected chi connectivity index (χ1v) is 3.32. The fourth-order valence-corrected chi connectivity index (χ4v) is 0.796. The van der Waals surface area contributed by atoms with Crippen LogP contribution in [0.5, 0.6) is 0 Å². The summed E-state index contributed by atoms with van der Waals surface area (Å²) in [5.74, 6) is 0.382. The fraction of sp³-hybridized carbons (Fsp3) is 0.167. The van der Waals surface area contributed by atoms with E-state index in [0.29, 0.717) is 10.8 Å². The molecule has 10 heavy (non-hydrogen) atoms. The Balaban J connectivity index is 3.04. The molecule has 0 unspecified atom stereocenters. The van der Waals surface area contributed by atoms with Crippen molar-refractivity contribution in [1.82, 2.24) is 4.98 Å². The number of rotatable bonds is 1. The van der Waals surface area contributed by atoms with Gasteiger partial charge in [0.1, 0.15) is 13.1 Å². The SMILES string of the molecule is C[B]c1cnc(N)c(Cl)c1. The van der Waals surface area contributed by atoms with Crippen LogP contribution < -0.4 is 11.2 Å². The van der Waals surface area contributed by atoms with Gasteiger partial charge in [-0.1, -0.05) is 23.9 Å². The van der Waals surface area contributed by atoms with Crippen molar-refractivity contribution in [2.24, 2.45) is 0 Å². The number of nitrogens with zero attached hydrogens (tertiary/aromatic N) is 1. The van der Waals surface area contributed by atoms with Crippen LogP contribution in [0.1, 0.15) is 0 Å². The third-order valence-corrected chi connectivity index (χ3v) is 1.53. The van der Waals surface area contributed by atoms with E-state index in [-0.39, 0.29) is 0 Å². The van der Waals surface area contributed by atoms with Gasteiger partial charge in [0.15, 0.2) is 0 Å². The van der Waals surface area contributed by atoms with Crippen molar-refractivity contribution < 1.29 is 0 Å². The molecule has 1 aromatic rings. The first-order valence-electron chi connectivity index (χ1n) is 2.94. The molecule has 0 aliphatic heterocycles. The van der Waals surface area contributed by atoms with E-state index in [2.05, 4.69) is 4.98 Å². The van der Waals surface area contributed by atoms with Crippen LogP contribution in [0.2, 0.25) is 11.8 Å². The standard InChI is InChI=1S/C6H7BClN2/c1-7-4-2-5(8)6(9)10-3-4/h2-3H,1H3,(H2,9,10). The Labute approximate surface area is 65.6 Å². The van der Waals surface area contributed by atoms with Crippen molar-refractivity contribution in [3.05, 3.63) is 17.3 Å². The molecule has 0 spiro atoms. The van der Waals surface area contributed by atoms with Gasteiger partial charge in [-0.25, -0.2) is 4.98 Å². The van der Waals surface area contributed by atoms with Gasteiger partial charge in [-0.15, -0.1) is 0 Å². The molecule has 1 heterocycles. The third kappa shape index (κ3) is 1.42. The average Bonchev–Trinajstić information content (AvgIpc) is 1.95. The van der Waals surface area contributed by atoms with E-state index < -0.39 is 0 Å². The Morgan fingerprint density at radius 3 is 2.90 bits per heavy atom. The van der Waals surface area contributed by atoms with Crippen LogP contribution in [0.15, 0.2) is 12.3 Å². The Kier molecular flexibility index (Phi) is 2.17. The van der Waals surface area contributed by atoms with Crippen LogP contribution in [-0.4, -0.2) is 12.3 Å². The number of hydrogen-bond donors (Lipinski definition) is 1. The summed E-state index contributed by atoms with van der Waals surface area (Å²) in [6.45, 7) is 1.92. The maximum absolute atomic E-state index is 5.69. The number of anilines is 1. The molecule has 1 radical (unpaired) electrons. The van der Waals surface area contributed by atoms with Crippen LogP contribution >= 0.6 is 11.6 Å². The normalized spacial score (nSPS) is 9.40. The highest BCUT2D eigenvalue weighted by Gasteiger charge is 1.96. The van der Waals surface area contributed by atoms with E-state index in [0.717, 1.165) is 5.46 Å². The van der Waals surface area contributed by atoms with E-state index in [1.54, 1.807) is 12.3 Å². The highest BCUT2D eigenvalue weighted by molar-refractivity contribution is 6.52. The molecule has 0 aromatic carbocycles. The smallest absolute Gasteiger partial charge is 0.150 e. The Morgan fingerprint density at radius 1 is 1.70 bits per heavy atom. The van der Waals surface area contributed by atoms with Gasteiger partial charge in [0.2, 0.25) is 0 Å². The zero-order valence-corrected chi connectivity index (χ0v) is 6.39. The molecule has 0 aliphatic rings. The molecule has 0 bridgehead atoms. The molecule has 4 heteroatoms. The number of hydrogen-bond acceptors (Lipinski definition) is 2. The van der Waals surface area contributed by atoms with Gasteiger partial charge in [-0.2, -0.15) is 0 Å². The summed E-state index contributed by atoms with van der Waals surface area (Å²) in [4.78, 5) is 3.86. The van der Waals surface area contributed by atoms with Gasteiger partial charge in [0.25, 0.3) is 0 Å². The Morgan fingerprint density at radius 2 is 2.40 bits per heavy atom. The molecule has 2 nitrogen and oxygen atoms in total. The van der Waals surface area contributed by atoms with Gasteiger partial charge in [-0.05, 0) is 6.07 Å². The molecule has 1 rings (SSSR count). The molecule has 0 amide bonds. The van der Waals surface area contributed by atoms with Crippen LogP contribution in [0.4, 0.5) is 5.82 Å². The topological polar surface area (TPSA) is 38.9 Å². The van der Waals surface area contributed by atoms with Crippen LogP contribution in [0, 0.1) is 0 Å². The molecule has 1 aromatic heterocycles. The van der Waals surface area contributed by atoms with Gasteiger partial charge in [0, 0.05) is 6.20 Å². The maximum Gasteiger partial charge on any atom is 0.150 e. The summed E-state index contributed by atoms with van der Waals surface area (Å²) in [6.07, 6.45) is 1.68. The minimum Gasteiger partial charge on any atom is -0.382 e. The second-order valence-corrected chi connectivity index (χ2v) is 2.33. The van der Waals surface area contributed by atoms with E-state index >= 15 is 0 Å². The summed E-state index contributed by atoms with van der Waals surface area (Å²) in [5.41, 5.74) is 6.37. The average molecular weight is 153 g/mol. The lowest BCUT2D eigenvalue weighted by molar-refractivity contribution is 1.36. The van der Waals surface area contributed by atoms with E-state index in [4.69, 9.17) is 17.3 Å². The summed E-state index contributed by atoms with van der Waals surface area (Å²) in [5, 5.41) is 0.510. The molecule has 0 fully saturated rings. The monoisotopic (exact) mass is 153 g/mol. The van der Waals surface area contributed by atoms with Crippen LogP contribution in [0.3, 0.4) is 0 Å². The lowest BCUT2D eigenvalue weighted by Gasteiger charge is -1.97. The zero-order chi connectivity index (χ0) is 7.56. The van der Waals surface area contributed by atoms with Gasteiger partial charge >= 0.3 is 0 Å². The van der Waals surface area contributed by atoms with Crippen molar-refractivity contribution in [3.8, 4) is 0 Å². The number of nitrogens with two attached hydrogens (primary N) is 1. The zero-order valence-electron chi connectivity index (χ0n) is 5.63. The fourth-order valence-electron chi connectivity index (χ4n) is 0.621. The summed E-state index contributed by atoms with van der Waals surface area (Å²) < 4.78 is 0. The highest BCUT2D eigenvalue weighted by atomic mass is 35.5. The number of aromatic nitrogens is 1. The first kappa shape index (κ1) is 7.41. The summed E-state index contributed by atoms with van der Waals surface area (Å²) in [6, 6.07) is 1.78. The largest absolute Gasteiger partial charge is 0.382 e. The summed E-state index contributed by atoms with van der Waals surface area (Å²) >= 11 is 5.69. The Bertz CT molecular complexity index is 239. The van der Waals surface area contributed by atoms with Crippen molar-refractivity contribution in [1.29, 1.82) is 0 Å². The van der Waals surface area contributed by atoms with Crippen molar-refractivity contribution >= 4 is 30.2 Å². The number of pyridine rings is 1. The van der Waals surface area contributed by atoms with Crippen LogP contribution in [0.25, 0.3) is 0 Å².